The van der Waals surface area contributed by atoms with E-state index in [1.807, 2.05) is 29.1 Å². The summed E-state index contributed by atoms with van der Waals surface area (Å²) in [5.41, 5.74) is 2.22. The lowest BCUT2D eigenvalue weighted by molar-refractivity contribution is 0.236. The van der Waals surface area contributed by atoms with E-state index in [-0.39, 0.29) is 6.03 Å². The molecule has 0 radical (unpaired) electrons. The Morgan fingerprint density at radius 1 is 1.18 bits per heavy atom. The lowest BCUT2D eigenvalue weighted by Gasteiger charge is -2.12. The van der Waals surface area contributed by atoms with E-state index < -0.39 is 0 Å². The Balaban J connectivity index is 1.46. The zero-order valence-corrected chi connectivity index (χ0v) is 12.7. The van der Waals surface area contributed by atoms with E-state index in [2.05, 4.69) is 27.9 Å². The van der Waals surface area contributed by atoms with E-state index in [1.165, 1.54) is 18.4 Å². The van der Waals surface area contributed by atoms with Gasteiger partial charge in [-0.3, -0.25) is 4.68 Å². The number of hydrogen-bond donors (Lipinski definition) is 2. The van der Waals surface area contributed by atoms with Crippen molar-refractivity contribution < 1.29 is 4.79 Å². The minimum Gasteiger partial charge on any atom is -0.335 e. The first kappa shape index (κ1) is 14.6. The average Bonchev–Trinajstić information content (AvgIpc) is 3.18. The third-order valence-corrected chi connectivity index (χ3v) is 4.02. The number of rotatable bonds is 5. The molecule has 116 valence electrons. The number of benzene rings is 1. The maximum atomic E-state index is 11.8. The zero-order chi connectivity index (χ0) is 15.2. The number of urea groups is 1. The summed E-state index contributed by atoms with van der Waals surface area (Å²) in [6, 6.07) is 10.5. The van der Waals surface area contributed by atoms with E-state index in [9.17, 15) is 4.79 Å². The fourth-order valence-electron chi connectivity index (χ4n) is 2.84. The van der Waals surface area contributed by atoms with Gasteiger partial charge >= 0.3 is 6.03 Å². The first-order valence-electron chi connectivity index (χ1n) is 7.89. The van der Waals surface area contributed by atoms with Crippen LogP contribution in [-0.2, 0) is 13.1 Å². The van der Waals surface area contributed by atoms with Gasteiger partial charge in [-0.1, -0.05) is 43.2 Å². The Labute approximate surface area is 130 Å². The van der Waals surface area contributed by atoms with Gasteiger partial charge in [-0.2, -0.15) is 5.10 Å². The van der Waals surface area contributed by atoms with Gasteiger partial charge in [-0.15, -0.1) is 0 Å². The van der Waals surface area contributed by atoms with Crippen molar-refractivity contribution in [3.63, 3.8) is 0 Å². The van der Waals surface area contributed by atoms with Crippen LogP contribution in [0.25, 0.3) is 0 Å². The molecule has 3 rings (SSSR count). The van der Waals surface area contributed by atoms with Gasteiger partial charge in [0.2, 0.25) is 0 Å². The van der Waals surface area contributed by atoms with Gasteiger partial charge in [0.15, 0.2) is 0 Å². The van der Waals surface area contributed by atoms with E-state index in [4.69, 9.17) is 0 Å². The van der Waals surface area contributed by atoms with E-state index in [1.54, 1.807) is 6.20 Å². The third-order valence-electron chi connectivity index (χ3n) is 4.02. The quantitative estimate of drug-likeness (QED) is 0.891. The molecule has 1 aromatic carbocycles. The van der Waals surface area contributed by atoms with Crippen LogP contribution in [-0.4, -0.2) is 21.9 Å². The number of nitrogens with zero attached hydrogens (tertiary/aromatic N) is 2. The van der Waals surface area contributed by atoms with Crippen molar-refractivity contribution in [3.8, 4) is 0 Å². The van der Waals surface area contributed by atoms with Crippen LogP contribution in [0.2, 0.25) is 0 Å². The molecule has 2 N–H and O–H groups in total. The monoisotopic (exact) mass is 298 g/mol. The number of nitrogens with one attached hydrogen (secondary N) is 2. The van der Waals surface area contributed by atoms with Gasteiger partial charge in [0.25, 0.3) is 0 Å². The largest absolute Gasteiger partial charge is 0.335 e. The van der Waals surface area contributed by atoms with Crippen LogP contribution in [0.3, 0.4) is 0 Å². The standard InChI is InChI=1S/C17H22N4O/c22-17(20-16-8-4-5-9-16)18-10-15-11-19-21(13-15)12-14-6-2-1-3-7-14/h1-3,6-7,11,13,16H,4-5,8-10,12H2,(H2,18,20,22). The summed E-state index contributed by atoms with van der Waals surface area (Å²) in [7, 11) is 0. The Hall–Kier alpha value is -2.30. The highest BCUT2D eigenvalue weighted by Gasteiger charge is 2.16. The van der Waals surface area contributed by atoms with Gasteiger partial charge in [0.1, 0.15) is 0 Å². The fourth-order valence-corrected chi connectivity index (χ4v) is 2.84. The molecular weight excluding hydrogens is 276 g/mol. The molecule has 0 unspecified atom stereocenters. The molecule has 0 bridgehead atoms. The Bertz CT molecular complexity index is 602. The van der Waals surface area contributed by atoms with Crippen LogP contribution < -0.4 is 10.6 Å². The molecule has 2 amide bonds. The molecule has 1 saturated carbocycles. The summed E-state index contributed by atoms with van der Waals surface area (Å²) in [4.78, 5) is 11.8. The normalized spacial score (nSPS) is 14.9. The molecule has 0 atom stereocenters. The van der Waals surface area contributed by atoms with Crippen molar-refractivity contribution >= 4 is 6.03 Å². The van der Waals surface area contributed by atoms with Crippen molar-refractivity contribution in [1.29, 1.82) is 0 Å². The van der Waals surface area contributed by atoms with E-state index >= 15 is 0 Å². The molecular formula is C17H22N4O. The molecule has 5 heteroatoms. The van der Waals surface area contributed by atoms with E-state index in [0.29, 0.717) is 12.6 Å². The molecule has 22 heavy (non-hydrogen) atoms. The molecule has 0 saturated heterocycles. The summed E-state index contributed by atoms with van der Waals surface area (Å²) >= 11 is 0. The second kappa shape index (κ2) is 7.11. The SMILES string of the molecule is O=C(NCc1cnn(Cc2ccccc2)c1)NC1CCCC1. The smallest absolute Gasteiger partial charge is 0.315 e. The highest BCUT2D eigenvalue weighted by Crippen LogP contribution is 2.17. The second-order valence-corrected chi connectivity index (χ2v) is 5.84. The molecule has 1 fully saturated rings. The van der Waals surface area contributed by atoms with Crippen molar-refractivity contribution in [3.05, 3.63) is 53.9 Å². The number of hydrogen-bond acceptors (Lipinski definition) is 2. The Morgan fingerprint density at radius 2 is 1.95 bits per heavy atom. The van der Waals surface area contributed by atoms with Gasteiger partial charge in [0, 0.05) is 24.3 Å². The fraction of sp³-hybridized carbons (Fsp3) is 0.412. The highest BCUT2D eigenvalue weighted by molar-refractivity contribution is 5.74. The van der Waals surface area contributed by atoms with Crippen LogP contribution in [0.5, 0.6) is 0 Å². The van der Waals surface area contributed by atoms with Crippen molar-refractivity contribution in [2.75, 3.05) is 0 Å². The first-order chi connectivity index (χ1) is 10.8. The molecule has 2 aromatic rings. The maximum Gasteiger partial charge on any atom is 0.315 e. The van der Waals surface area contributed by atoms with Gasteiger partial charge in [-0.25, -0.2) is 4.79 Å². The Morgan fingerprint density at radius 3 is 2.73 bits per heavy atom. The first-order valence-corrected chi connectivity index (χ1v) is 7.89. The molecule has 0 aliphatic heterocycles. The number of amides is 2. The average molecular weight is 298 g/mol. The van der Waals surface area contributed by atoms with Crippen LogP contribution in [0.15, 0.2) is 42.7 Å². The summed E-state index contributed by atoms with van der Waals surface area (Å²) in [6.45, 7) is 1.25. The molecule has 1 aromatic heterocycles. The van der Waals surface area contributed by atoms with Gasteiger partial charge < -0.3 is 10.6 Å². The van der Waals surface area contributed by atoms with Crippen LogP contribution >= 0.6 is 0 Å². The second-order valence-electron chi connectivity index (χ2n) is 5.84. The summed E-state index contributed by atoms with van der Waals surface area (Å²) in [6.07, 6.45) is 8.42. The lowest BCUT2D eigenvalue weighted by Crippen LogP contribution is -2.40. The zero-order valence-electron chi connectivity index (χ0n) is 12.7. The van der Waals surface area contributed by atoms with Crippen LogP contribution in [0.1, 0.15) is 36.8 Å². The maximum absolute atomic E-state index is 11.8. The molecule has 1 aliphatic rings. The Kier molecular flexibility index (Phi) is 4.73. The molecule has 1 aliphatic carbocycles. The van der Waals surface area contributed by atoms with E-state index in [0.717, 1.165) is 24.9 Å². The molecule has 0 spiro atoms. The number of carbonyl (C=O) groups is 1. The van der Waals surface area contributed by atoms with Gasteiger partial charge in [0.05, 0.1) is 12.7 Å². The summed E-state index contributed by atoms with van der Waals surface area (Å²) < 4.78 is 1.89. The number of carbonyl (C=O) groups excluding carboxylic acids is 1. The summed E-state index contributed by atoms with van der Waals surface area (Å²) in [5.74, 6) is 0. The highest BCUT2D eigenvalue weighted by atomic mass is 16.2. The van der Waals surface area contributed by atoms with Crippen LogP contribution in [0, 0.1) is 0 Å². The minimum atomic E-state index is -0.0808. The third kappa shape index (κ3) is 4.10. The van der Waals surface area contributed by atoms with Crippen molar-refractivity contribution in [2.24, 2.45) is 0 Å². The topological polar surface area (TPSA) is 59.0 Å². The van der Waals surface area contributed by atoms with Gasteiger partial charge in [-0.05, 0) is 18.4 Å². The minimum absolute atomic E-state index is 0.0808. The molecule has 1 heterocycles. The predicted molar refractivity (Wildman–Crippen MR) is 85.4 cm³/mol. The van der Waals surface area contributed by atoms with Crippen molar-refractivity contribution in [1.82, 2.24) is 20.4 Å². The van der Waals surface area contributed by atoms with Crippen LogP contribution in [0.4, 0.5) is 4.79 Å². The predicted octanol–water partition coefficient (Wildman–Crippen LogP) is 2.67. The summed E-state index contributed by atoms with van der Waals surface area (Å²) in [5, 5.41) is 10.3. The molecule has 5 nitrogen and oxygen atoms in total. The van der Waals surface area contributed by atoms with Crippen molar-refractivity contribution in [2.45, 2.75) is 44.8 Å². The number of aromatic nitrogens is 2. The lowest BCUT2D eigenvalue weighted by atomic mass is 10.2.